The van der Waals surface area contributed by atoms with Crippen LogP contribution >= 0.6 is 7.82 Å². The number of unbranched alkanes of at least 4 members (excludes halogenated alkanes) is 15. The van der Waals surface area contributed by atoms with Crippen molar-refractivity contribution in [2.45, 2.75) is 193 Å². The van der Waals surface area contributed by atoms with Gasteiger partial charge in [-0.25, -0.2) is 4.57 Å². The lowest BCUT2D eigenvalue weighted by atomic mass is 10.0. The molecule has 1 aliphatic rings. The fraction of sp³-hybridized carbons (Fsp3) is 0.805. The van der Waals surface area contributed by atoms with E-state index in [1.807, 2.05) is 6.08 Å². The highest BCUT2D eigenvalue weighted by atomic mass is 31.2. The van der Waals surface area contributed by atoms with E-state index in [0.717, 1.165) is 57.3 Å². The summed E-state index contributed by atoms with van der Waals surface area (Å²) >= 11 is 0. The second-order valence-electron chi connectivity index (χ2n) is 14.5. The molecule has 0 spiro atoms. The van der Waals surface area contributed by atoms with Gasteiger partial charge in [0.2, 0.25) is 0 Å². The van der Waals surface area contributed by atoms with Crippen molar-refractivity contribution in [1.82, 2.24) is 0 Å². The summed E-state index contributed by atoms with van der Waals surface area (Å²) in [5, 5.41) is 0. The van der Waals surface area contributed by atoms with Gasteiger partial charge in [0.25, 0.3) is 0 Å². The fourth-order valence-electron chi connectivity index (χ4n) is 5.83. The van der Waals surface area contributed by atoms with Crippen LogP contribution in [0.1, 0.15) is 175 Å². The molecule has 0 radical (unpaired) electrons. The van der Waals surface area contributed by atoms with Crippen LogP contribution in [0.15, 0.2) is 36.5 Å². The molecule has 2 unspecified atom stereocenters. The van der Waals surface area contributed by atoms with Crippen molar-refractivity contribution in [2.24, 2.45) is 5.92 Å². The van der Waals surface area contributed by atoms with Gasteiger partial charge in [0.1, 0.15) is 6.61 Å². The number of ether oxygens (including phenoxy) is 3. The molecule has 0 aromatic heterocycles. The van der Waals surface area contributed by atoms with Gasteiger partial charge in [0.05, 0.1) is 18.8 Å². The third kappa shape index (κ3) is 32.6. The summed E-state index contributed by atoms with van der Waals surface area (Å²) in [5.41, 5.74) is 0. The van der Waals surface area contributed by atoms with E-state index >= 15 is 0 Å². The van der Waals surface area contributed by atoms with E-state index in [0.29, 0.717) is 12.8 Å². The molecule has 296 valence electrons. The minimum atomic E-state index is -4.77. The van der Waals surface area contributed by atoms with Crippen molar-refractivity contribution in [2.75, 3.05) is 13.2 Å². The molecule has 0 bridgehead atoms. The molecule has 1 heterocycles. The Kier molecular flexibility index (Phi) is 29.4. The first-order chi connectivity index (χ1) is 24.6. The molecule has 0 aromatic rings. The maximum atomic E-state index is 12.4. The predicted molar refractivity (Wildman–Crippen MR) is 206 cm³/mol. The molecule has 51 heavy (non-hydrogen) atoms. The quantitative estimate of drug-likeness (QED) is 0.0214. The Balaban J connectivity index is 2.12. The molecule has 0 saturated carbocycles. The molecule has 9 nitrogen and oxygen atoms in total. The second-order valence-corrected chi connectivity index (χ2v) is 15.7. The summed E-state index contributed by atoms with van der Waals surface area (Å²) in [4.78, 5) is 42.8. The van der Waals surface area contributed by atoms with Crippen molar-refractivity contribution in [1.29, 1.82) is 0 Å². The van der Waals surface area contributed by atoms with Crippen molar-refractivity contribution in [3.8, 4) is 0 Å². The van der Waals surface area contributed by atoms with E-state index in [1.165, 1.54) is 77.0 Å². The van der Waals surface area contributed by atoms with E-state index in [1.54, 1.807) is 0 Å². The monoisotopic (exact) mass is 740 g/mol. The summed E-state index contributed by atoms with van der Waals surface area (Å²) in [6.07, 6.45) is 37.6. The fourth-order valence-corrected chi connectivity index (χ4v) is 6.19. The Morgan fingerprint density at radius 3 is 1.80 bits per heavy atom. The molecular weight excluding hydrogens is 667 g/mol. The molecular formula is C41H73O9P. The number of rotatable bonds is 35. The minimum absolute atomic E-state index is 0.184. The zero-order valence-electron chi connectivity index (χ0n) is 32.4. The number of epoxide rings is 1. The minimum Gasteiger partial charge on any atom is -0.462 e. The summed E-state index contributed by atoms with van der Waals surface area (Å²) < 4.78 is 32.1. The number of carbonyl (C=O) groups excluding carboxylic acids is 2. The van der Waals surface area contributed by atoms with E-state index in [9.17, 15) is 14.2 Å². The van der Waals surface area contributed by atoms with Crippen LogP contribution in [0.5, 0.6) is 0 Å². The van der Waals surface area contributed by atoms with Gasteiger partial charge < -0.3 is 24.0 Å². The van der Waals surface area contributed by atoms with E-state index in [-0.39, 0.29) is 31.7 Å². The predicted octanol–water partition coefficient (Wildman–Crippen LogP) is 11.0. The Hall–Kier alpha value is -1.77. The van der Waals surface area contributed by atoms with Crippen LogP contribution in [0.2, 0.25) is 0 Å². The van der Waals surface area contributed by atoms with Crippen LogP contribution in [0.3, 0.4) is 0 Å². The summed E-state index contributed by atoms with van der Waals surface area (Å²) in [6.45, 7) is 5.92. The SMILES string of the molecule is CCCCC/C=C\C/C=C\CC1OC1C/C=C\CCCC(=O)OC[C@H](COP(=O)(O)O)OC(=O)CCCCCCCCCCCCCCC(C)C. The van der Waals surface area contributed by atoms with Crippen LogP contribution in [-0.4, -0.2) is 53.3 Å². The smallest absolute Gasteiger partial charge is 0.462 e. The molecule has 1 rings (SSSR count). The van der Waals surface area contributed by atoms with Gasteiger partial charge in [-0.15, -0.1) is 0 Å². The molecule has 3 atom stereocenters. The van der Waals surface area contributed by atoms with Crippen LogP contribution in [0.25, 0.3) is 0 Å². The zero-order valence-corrected chi connectivity index (χ0v) is 33.3. The molecule has 1 fully saturated rings. The van der Waals surface area contributed by atoms with E-state index in [2.05, 4.69) is 55.7 Å². The van der Waals surface area contributed by atoms with E-state index in [4.69, 9.17) is 24.0 Å². The topological polar surface area (TPSA) is 132 Å². The Labute approximate surface area is 310 Å². The number of hydrogen-bond acceptors (Lipinski definition) is 7. The van der Waals surface area contributed by atoms with Crippen molar-refractivity contribution in [3.05, 3.63) is 36.5 Å². The number of allylic oxidation sites excluding steroid dienone is 4. The molecule has 0 aliphatic carbocycles. The summed E-state index contributed by atoms with van der Waals surface area (Å²) in [7, 11) is -4.77. The van der Waals surface area contributed by atoms with Gasteiger partial charge in [-0.05, 0) is 57.3 Å². The maximum Gasteiger partial charge on any atom is 0.469 e. The van der Waals surface area contributed by atoms with Gasteiger partial charge in [-0.1, -0.05) is 147 Å². The zero-order chi connectivity index (χ0) is 37.4. The molecule has 0 amide bonds. The highest BCUT2D eigenvalue weighted by molar-refractivity contribution is 7.46. The lowest BCUT2D eigenvalue weighted by Gasteiger charge is -2.18. The number of esters is 2. The number of carbonyl (C=O) groups is 2. The van der Waals surface area contributed by atoms with E-state index < -0.39 is 32.5 Å². The summed E-state index contributed by atoms with van der Waals surface area (Å²) in [5.74, 6) is -0.145. The third-order valence-electron chi connectivity index (χ3n) is 8.99. The Morgan fingerprint density at radius 1 is 0.667 bits per heavy atom. The highest BCUT2D eigenvalue weighted by Gasteiger charge is 2.36. The van der Waals surface area contributed by atoms with Gasteiger partial charge in [-0.3, -0.25) is 14.1 Å². The van der Waals surface area contributed by atoms with Gasteiger partial charge >= 0.3 is 19.8 Å². The first kappa shape index (κ1) is 47.3. The van der Waals surface area contributed by atoms with Crippen LogP contribution in [-0.2, 0) is 32.9 Å². The standard InChI is InChI=1S/C41H73O9P/c1-4-5-6-7-8-13-17-20-25-30-38-39(50-38)31-26-22-23-27-32-40(42)47-34-37(35-48-51(44,45)46)49-41(43)33-28-21-18-15-12-10-9-11-14-16-19-24-29-36(2)3/h8,13,20,22,25-26,36-39H,4-7,9-12,14-19,21,23-24,27-35H2,1-3H3,(H2,44,45,46)/b13-8-,25-20-,26-22-/t37-,38?,39?/m1/s1. The van der Waals surface area contributed by atoms with Crippen molar-refractivity contribution in [3.63, 3.8) is 0 Å². The number of hydrogen-bond donors (Lipinski definition) is 2. The second kappa shape index (κ2) is 31.7. The molecule has 1 saturated heterocycles. The highest BCUT2D eigenvalue weighted by Crippen LogP contribution is 2.36. The van der Waals surface area contributed by atoms with Gasteiger partial charge in [0, 0.05) is 12.8 Å². The Bertz CT molecular complexity index is 1000. The average Bonchev–Trinajstić information content (AvgIpc) is 3.84. The van der Waals surface area contributed by atoms with Crippen molar-refractivity contribution < 1.29 is 42.7 Å². The maximum absolute atomic E-state index is 12.4. The number of phosphoric acid groups is 1. The normalized spacial score (nSPS) is 16.9. The summed E-state index contributed by atoms with van der Waals surface area (Å²) in [6, 6.07) is 0. The molecule has 10 heteroatoms. The van der Waals surface area contributed by atoms with Gasteiger partial charge in [-0.2, -0.15) is 0 Å². The molecule has 0 aromatic carbocycles. The van der Waals surface area contributed by atoms with Crippen LogP contribution < -0.4 is 0 Å². The first-order valence-electron chi connectivity index (χ1n) is 20.3. The lowest BCUT2D eigenvalue weighted by Crippen LogP contribution is -2.29. The largest absolute Gasteiger partial charge is 0.469 e. The molecule has 2 N–H and O–H groups in total. The lowest BCUT2D eigenvalue weighted by molar-refractivity contribution is -0.161. The van der Waals surface area contributed by atoms with Crippen molar-refractivity contribution >= 4 is 19.8 Å². The number of phosphoric ester groups is 1. The van der Waals surface area contributed by atoms with Gasteiger partial charge in [0.15, 0.2) is 6.10 Å². The molecule has 1 aliphatic heterocycles. The average molecular weight is 741 g/mol. The Morgan fingerprint density at radius 2 is 1.20 bits per heavy atom. The van der Waals surface area contributed by atoms with Crippen LogP contribution in [0.4, 0.5) is 0 Å². The third-order valence-corrected chi connectivity index (χ3v) is 9.48. The van der Waals surface area contributed by atoms with Crippen LogP contribution in [0, 0.1) is 5.92 Å². The first-order valence-corrected chi connectivity index (χ1v) is 21.8.